The Morgan fingerprint density at radius 3 is 2.67 bits per heavy atom. The van der Waals surface area contributed by atoms with Crippen molar-refractivity contribution in [2.24, 2.45) is 10.7 Å². The second-order valence-electron chi connectivity index (χ2n) is 6.82. The van der Waals surface area contributed by atoms with E-state index in [-0.39, 0.29) is 5.78 Å². The number of carbonyl (C=O) groups is 1. The van der Waals surface area contributed by atoms with Gasteiger partial charge in [0.15, 0.2) is 5.65 Å². The molecule has 0 aliphatic carbocycles. The molecule has 4 aromatic rings. The Bertz CT molecular complexity index is 1170. The number of Topliss-reactive ketones (excluding diaryl/α,β-unsaturated/α-hetero) is 1. The van der Waals surface area contributed by atoms with E-state index < -0.39 is 6.04 Å². The molecule has 8 nitrogen and oxygen atoms in total. The summed E-state index contributed by atoms with van der Waals surface area (Å²) in [4.78, 5) is 28.1. The Morgan fingerprint density at radius 2 is 1.90 bits per heavy atom. The van der Waals surface area contributed by atoms with Crippen LogP contribution in [0, 0.1) is 0 Å². The maximum Gasteiger partial charge on any atom is 0.210 e. The second kappa shape index (κ2) is 8.52. The van der Waals surface area contributed by atoms with E-state index in [1.165, 1.54) is 6.33 Å². The number of fused-ring (bicyclic) bond motifs is 1. The molecule has 30 heavy (non-hydrogen) atoms. The first-order valence-electron chi connectivity index (χ1n) is 9.44. The molecule has 0 aliphatic heterocycles. The van der Waals surface area contributed by atoms with Gasteiger partial charge in [-0.2, -0.15) is 5.10 Å². The van der Waals surface area contributed by atoms with Gasteiger partial charge >= 0.3 is 0 Å². The molecule has 0 aliphatic rings. The van der Waals surface area contributed by atoms with Gasteiger partial charge in [0.1, 0.15) is 23.9 Å². The van der Waals surface area contributed by atoms with Crippen LogP contribution < -0.4 is 10.6 Å². The lowest BCUT2D eigenvalue weighted by Gasteiger charge is -2.20. The minimum absolute atomic E-state index is 0.236. The Morgan fingerprint density at radius 1 is 1.10 bits per heavy atom. The topological polar surface area (TPSA) is 102 Å². The zero-order valence-electron chi connectivity index (χ0n) is 16.5. The molecular weight excluding hydrogens is 378 g/mol. The van der Waals surface area contributed by atoms with Gasteiger partial charge in [-0.25, -0.2) is 9.50 Å². The Balaban J connectivity index is 1.67. The number of hydrogen-bond acceptors (Lipinski definition) is 6. The fraction of sp³-hybridized carbons (Fsp3) is 0.136. The van der Waals surface area contributed by atoms with Gasteiger partial charge in [0.25, 0.3) is 0 Å². The van der Waals surface area contributed by atoms with Crippen molar-refractivity contribution in [3.63, 3.8) is 0 Å². The summed E-state index contributed by atoms with van der Waals surface area (Å²) in [6.07, 6.45) is 4.79. The minimum Gasteiger partial charge on any atom is -0.386 e. The number of likely N-dealkylation sites (N-methyl/N-ethyl adjacent to an activating group) is 1. The third-order valence-corrected chi connectivity index (χ3v) is 4.67. The highest BCUT2D eigenvalue weighted by atomic mass is 16.1. The smallest absolute Gasteiger partial charge is 0.210 e. The number of nitrogens with two attached hydrogens (primary N) is 1. The average Bonchev–Trinajstić information content (AvgIpc) is 3.26. The van der Waals surface area contributed by atoms with Crippen LogP contribution in [0.15, 0.2) is 84.4 Å². The van der Waals surface area contributed by atoms with Crippen LogP contribution in [0.2, 0.25) is 0 Å². The summed E-state index contributed by atoms with van der Waals surface area (Å²) in [6, 6.07) is 17.8. The minimum atomic E-state index is -0.835. The zero-order chi connectivity index (χ0) is 20.9. The summed E-state index contributed by atoms with van der Waals surface area (Å²) in [5, 5.41) is 4.15. The molecule has 0 bridgehead atoms. The van der Waals surface area contributed by atoms with Crippen LogP contribution in [0.25, 0.3) is 5.65 Å². The Labute approximate surface area is 173 Å². The number of rotatable bonds is 7. The van der Waals surface area contributed by atoms with E-state index in [1.54, 1.807) is 41.2 Å². The molecule has 4 rings (SSSR count). The van der Waals surface area contributed by atoms with Crippen LogP contribution in [-0.4, -0.2) is 44.8 Å². The van der Waals surface area contributed by atoms with Crippen molar-refractivity contribution < 1.29 is 4.79 Å². The van der Waals surface area contributed by atoms with Crippen LogP contribution in [0.1, 0.15) is 22.1 Å². The van der Waals surface area contributed by atoms with E-state index in [0.717, 1.165) is 5.69 Å². The maximum atomic E-state index is 13.2. The summed E-state index contributed by atoms with van der Waals surface area (Å²) < 4.78 is 1.61. The highest BCUT2D eigenvalue weighted by Crippen LogP contribution is 2.22. The third kappa shape index (κ3) is 4.17. The molecule has 1 atom stereocenters. The average molecular weight is 399 g/mol. The summed E-state index contributed by atoms with van der Waals surface area (Å²) in [7, 11) is 1.93. The summed E-state index contributed by atoms with van der Waals surface area (Å²) in [6.45, 7) is 0.377. The second-order valence-corrected chi connectivity index (χ2v) is 6.82. The first-order chi connectivity index (χ1) is 14.6. The number of amidine groups is 1. The molecule has 0 saturated carbocycles. The van der Waals surface area contributed by atoms with E-state index in [1.807, 2.05) is 48.3 Å². The number of aliphatic imine (C=N–C) groups is 1. The fourth-order valence-electron chi connectivity index (χ4n) is 3.15. The highest BCUT2D eigenvalue weighted by Gasteiger charge is 2.24. The van der Waals surface area contributed by atoms with Crippen molar-refractivity contribution in [3.8, 4) is 0 Å². The lowest BCUT2D eigenvalue weighted by atomic mass is 10.0. The molecule has 3 heterocycles. The van der Waals surface area contributed by atoms with Gasteiger partial charge in [-0.1, -0.05) is 30.3 Å². The number of aromatic nitrogens is 4. The molecule has 0 radical (unpaired) electrons. The number of nitrogens with zero attached hydrogens (tertiary/aromatic N) is 6. The van der Waals surface area contributed by atoms with Gasteiger partial charge in [0.2, 0.25) is 5.78 Å². The first-order valence-corrected chi connectivity index (χ1v) is 9.44. The normalized spacial score (nSPS) is 12.6. The van der Waals surface area contributed by atoms with E-state index in [2.05, 4.69) is 20.1 Å². The molecule has 2 N–H and O–H groups in total. The molecule has 150 valence electrons. The van der Waals surface area contributed by atoms with E-state index in [0.29, 0.717) is 29.3 Å². The van der Waals surface area contributed by atoms with Crippen LogP contribution >= 0.6 is 0 Å². The predicted molar refractivity (Wildman–Crippen MR) is 116 cm³/mol. The number of para-hydroxylation sites is 1. The largest absolute Gasteiger partial charge is 0.386 e. The van der Waals surface area contributed by atoms with Gasteiger partial charge in [-0.3, -0.25) is 14.8 Å². The van der Waals surface area contributed by atoms with Gasteiger partial charge < -0.3 is 10.6 Å². The van der Waals surface area contributed by atoms with E-state index in [4.69, 9.17) is 5.73 Å². The molecule has 0 spiro atoms. The van der Waals surface area contributed by atoms with Crippen molar-refractivity contribution in [2.45, 2.75) is 6.04 Å². The summed E-state index contributed by atoms with van der Waals surface area (Å²) in [5.74, 6) is 0.106. The SMILES string of the molecule is CN(C/C(N)=N/C(C(=O)c1ccccn1)c1ccc2ncnn2c1)c1ccccc1. The Hall–Kier alpha value is -4.07. The van der Waals surface area contributed by atoms with Crippen molar-refractivity contribution in [1.29, 1.82) is 0 Å². The molecular formula is C22H21N7O. The number of pyridine rings is 2. The molecule has 3 aromatic heterocycles. The van der Waals surface area contributed by atoms with Crippen molar-refractivity contribution in [3.05, 3.63) is 90.6 Å². The van der Waals surface area contributed by atoms with Gasteiger partial charge in [-0.15, -0.1) is 0 Å². The van der Waals surface area contributed by atoms with Gasteiger partial charge in [0.05, 0.1) is 6.54 Å². The Kier molecular flexibility index (Phi) is 5.47. The fourth-order valence-corrected chi connectivity index (χ4v) is 3.15. The number of ketones is 1. The van der Waals surface area contributed by atoms with Crippen LogP contribution in [-0.2, 0) is 0 Å². The van der Waals surface area contributed by atoms with E-state index in [9.17, 15) is 4.79 Å². The third-order valence-electron chi connectivity index (χ3n) is 4.67. The maximum absolute atomic E-state index is 13.2. The number of hydrogen-bond donors (Lipinski definition) is 1. The zero-order valence-corrected chi connectivity index (χ0v) is 16.5. The molecule has 1 aromatic carbocycles. The quantitative estimate of drug-likeness (QED) is 0.291. The standard InChI is InChI=1S/C22H21N7O/c1-28(17-7-3-2-4-8-17)14-19(23)27-21(22(30)18-9-5-6-12-24-18)16-10-11-20-25-15-26-29(20)13-16/h2-13,15,21H,14H2,1H3,(H2,23,27). The molecule has 0 amide bonds. The molecule has 0 saturated heterocycles. The van der Waals surface area contributed by atoms with Crippen LogP contribution in [0.5, 0.6) is 0 Å². The first kappa shape index (κ1) is 19.3. The lowest BCUT2D eigenvalue weighted by molar-refractivity contribution is 0.0957. The predicted octanol–water partition coefficient (Wildman–Crippen LogP) is 2.54. The number of carbonyl (C=O) groups excluding carboxylic acids is 1. The van der Waals surface area contributed by atoms with Crippen molar-refractivity contribution in [2.75, 3.05) is 18.5 Å². The number of benzene rings is 1. The van der Waals surface area contributed by atoms with Crippen LogP contribution in [0.4, 0.5) is 5.69 Å². The summed E-state index contributed by atoms with van der Waals surface area (Å²) >= 11 is 0. The van der Waals surface area contributed by atoms with Crippen molar-refractivity contribution in [1.82, 2.24) is 19.6 Å². The lowest BCUT2D eigenvalue weighted by Crippen LogP contribution is -2.32. The van der Waals surface area contributed by atoms with E-state index >= 15 is 0 Å². The molecule has 1 unspecified atom stereocenters. The van der Waals surface area contributed by atoms with Crippen molar-refractivity contribution >= 4 is 23.0 Å². The van der Waals surface area contributed by atoms with Crippen LogP contribution in [0.3, 0.4) is 0 Å². The van der Waals surface area contributed by atoms with Gasteiger partial charge in [-0.05, 0) is 30.3 Å². The summed E-state index contributed by atoms with van der Waals surface area (Å²) in [5.41, 5.74) is 8.94. The highest BCUT2D eigenvalue weighted by molar-refractivity contribution is 6.01. The van der Waals surface area contributed by atoms with Gasteiger partial charge in [0, 0.05) is 30.7 Å². The number of anilines is 1. The molecule has 8 heteroatoms. The molecule has 0 fully saturated rings. The monoisotopic (exact) mass is 399 g/mol.